The van der Waals surface area contributed by atoms with Crippen molar-refractivity contribution in [3.8, 4) is 0 Å². The van der Waals surface area contributed by atoms with E-state index in [1.165, 1.54) is 19.2 Å². The lowest BCUT2D eigenvalue weighted by Gasteiger charge is -1.99. The molecule has 0 unspecified atom stereocenters. The van der Waals surface area contributed by atoms with Crippen LogP contribution in [0.1, 0.15) is 5.56 Å². The molecule has 0 radical (unpaired) electrons. The molecule has 18 heavy (non-hydrogen) atoms. The molecule has 0 saturated carbocycles. The van der Waals surface area contributed by atoms with Gasteiger partial charge in [0.15, 0.2) is 6.04 Å². The standard InChI is InChI=1S/C13H12FNO3/c1-17-13(16)11-8-18-12(15-11)7-4-9-2-5-10(14)6-3-9/h2-7,11H,8H2,1H3/b7-4+/t11-/m0/s1. The summed E-state index contributed by atoms with van der Waals surface area (Å²) in [5.41, 5.74) is 0.823. The summed E-state index contributed by atoms with van der Waals surface area (Å²) >= 11 is 0. The Balaban J connectivity index is 2.02. The van der Waals surface area contributed by atoms with Crippen molar-refractivity contribution in [3.63, 3.8) is 0 Å². The van der Waals surface area contributed by atoms with Gasteiger partial charge >= 0.3 is 5.97 Å². The fourth-order valence-corrected chi connectivity index (χ4v) is 1.48. The van der Waals surface area contributed by atoms with Crippen molar-refractivity contribution >= 4 is 17.9 Å². The molecule has 0 N–H and O–H groups in total. The molecule has 1 heterocycles. The van der Waals surface area contributed by atoms with Crippen molar-refractivity contribution in [2.45, 2.75) is 6.04 Å². The molecule has 1 atom stereocenters. The Hall–Kier alpha value is -2.17. The fourth-order valence-electron chi connectivity index (χ4n) is 1.48. The van der Waals surface area contributed by atoms with Gasteiger partial charge in [-0.15, -0.1) is 0 Å². The highest BCUT2D eigenvalue weighted by atomic mass is 19.1. The van der Waals surface area contributed by atoms with E-state index in [0.717, 1.165) is 5.56 Å². The molecule has 0 aliphatic carbocycles. The van der Waals surface area contributed by atoms with Crippen LogP contribution in [0, 0.1) is 5.82 Å². The Morgan fingerprint density at radius 1 is 1.44 bits per heavy atom. The number of hydrogen-bond acceptors (Lipinski definition) is 4. The van der Waals surface area contributed by atoms with Crippen LogP contribution in [0.15, 0.2) is 35.3 Å². The third kappa shape index (κ3) is 2.94. The average Bonchev–Trinajstić information content (AvgIpc) is 2.86. The third-order valence-corrected chi connectivity index (χ3v) is 2.43. The normalized spacial score (nSPS) is 18.6. The molecule has 1 aromatic rings. The number of nitrogens with zero attached hydrogens (tertiary/aromatic N) is 1. The van der Waals surface area contributed by atoms with Crippen molar-refractivity contribution < 1.29 is 18.7 Å². The predicted octanol–water partition coefficient (Wildman–Crippen LogP) is 1.81. The van der Waals surface area contributed by atoms with Crippen molar-refractivity contribution in [2.75, 3.05) is 13.7 Å². The summed E-state index contributed by atoms with van der Waals surface area (Å²) in [7, 11) is 1.31. The van der Waals surface area contributed by atoms with E-state index in [-0.39, 0.29) is 12.4 Å². The molecule has 2 rings (SSSR count). The first-order valence-corrected chi connectivity index (χ1v) is 5.41. The number of carbonyl (C=O) groups is 1. The van der Waals surface area contributed by atoms with E-state index in [1.54, 1.807) is 24.3 Å². The highest BCUT2D eigenvalue weighted by Gasteiger charge is 2.25. The van der Waals surface area contributed by atoms with Crippen LogP contribution < -0.4 is 0 Å². The fraction of sp³-hybridized carbons (Fsp3) is 0.231. The number of benzene rings is 1. The van der Waals surface area contributed by atoms with Crippen LogP contribution in [0.3, 0.4) is 0 Å². The van der Waals surface area contributed by atoms with Gasteiger partial charge in [-0.3, -0.25) is 0 Å². The van der Waals surface area contributed by atoms with Crippen molar-refractivity contribution in [1.29, 1.82) is 0 Å². The van der Waals surface area contributed by atoms with Crippen LogP contribution in [0.4, 0.5) is 4.39 Å². The summed E-state index contributed by atoms with van der Waals surface area (Å²) in [6, 6.07) is 5.42. The van der Waals surface area contributed by atoms with E-state index in [1.807, 2.05) is 0 Å². The molecule has 0 amide bonds. The lowest BCUT2D eigenvalue weighted by atomic mass is 10.2. The minimum atomic E-state index is -0.595. The van der Waals surface area contributed by atoms with Gasteiger partial charge in [0.2, 0.25) is 5.90 Å². The van der Waals surface area contributed by atoms with Crippen LogP contribution in [-0.4, -0.2) is 31.6 Å². The second kappa shape index (κ2) is 5.44. The van der Waals surface area contributed by atoms with Crippen molar-refractivity contribution in [2.24, 2.45) is 4.99 Å². The van der Waals surface area contributed by atoms with Gasteiger partial charge in [0, 0.05) is 6.08 Å². The van der Waals surface area contributed by atoms with E-state index in [4.69, 9.17) is 4.74 Å². The topological polar surface area (TPSA) is 47.9 Å². The summed E-state index contributed by atoms with van der Waals surface area (Å²) in [6.07, 6.45) is 3.37. The number of rotatable bonds is 3. The number of ether oxygens (including phenoxy) is 2. The zero-order valence-corrected chi connectivity index (χ0v) is 9.80. The average molecular weight is 249 g/mol. The Kier molecular flexibility index (Phi) is 3.72. The van der Waals surface area contributed by atoms with Gasteiger partial charge in [0.05, 0.1) is 7.11 Å². The smallest absolute Gasteiger partial charge is 0.334 e. The first kappa shape index (κ1) is 12.3. The SMILES string of the molecule is COC(=O)[C@@H]1COC(/C=C/c2ccc(F)cc2)=N1. The minimum absolute atomic E-state index is 0.190. The summed E-state index contributed by atoms with van der Waals surface area (Å²) in [4.78, 5) is 15.2. The molecular weight excluding hydrogens is 237 g/mol. The van der Waals surface area contributed by atoms with Gasteiger partial charge in [0.25, 0.3) is 0 Å². The van der Waals surface area contributed by atoms with Gasteiger partial charge in [-0.05, 0) is 23.8 Å². The van der Waals surface area contributed by atoms with Crippen LogP contribution in [0.5, 0.6) is 0 Å². The Bertz CT molecular complexity index is 493. The van der Waals surface area contributed by atoms with Crippen LogP contribution in [0.25, 0.3) is 6.08 Å². The molecule has 0 spiro atoms. The monoisotopic (exact) mass is 249 g/mol. The van der Waals surface area contributed by atoms with E-state index in [0.29, 0.717) is 5.90 Å². The second-order valence-corrected chi connectivity index (χ2v) is 3.70. The number of aliphatic imine (C=N–C) groups is 1. The first-order chi connectivity index (χ1) is 8.69. The Morgan fingerprint density at radius 2 is 2.17 bits per heavy atom. The molecule has 1 aliphatic rings. The largest absolute Gasteiger partial charge is 0.475 e. The highest BCUT2D eigenvalue weighted by Crippen LogP contribution is 2.09. The number of halogens is 1. The molecule has 0 aromatic heterocycles. The summed E-state index contributed by atoms with van der Waals surface area (Å²) < 4.78 is 22.5. The minimum Gasteiger partial charge on any atom is -0.475 e. The number of hydrogen-bond donors (Lipinski definition) is 0. The summed E-state index contributed by atoms with van der Waals surface area (Å²) in [6.45, 7) is 0.190. The first-order valence-electron chi connectivity index (χ1n) is 5.41. The molecule has 0 fully saturated rings. The van der Waals surface area contributed by atoms with Gasteiger partial charge in [-0.1, -0.05) is 12.1 Å². The zero-order chi connectivity index (χ0) is 13.0. The van der Waals surface area contributed by atoms with Crippen LogP contribution >= 0.6 is 0 Å². The molecule has 1 aliphatic heterocycles. The molecule has 0 saturated heterocycles. The van der Waals surface area contributed by atoms with E-state index in [2.05, 4.69) is 9.73 Å². The van der Waals surface area contributed by atoms with E-state index >= 15 is 0 Å². The lowest BCUT2D eigenvalue weighted by Crippen LogP contribution is -2.21. The molecule has 1 aromatic carbocycles. The molecule has 0 bridgehead atoms. The molecule has 94 valence electrons. The Morgan fingerprint density at radius 3 is 2.83 bits per heavy atom. The van der Waals surface area contributed by atoms with Gasteiger partial charge in [-0.2, -0.15) is 0 Å². The van der Waals surface area contributed by atoms with Crippen molar-refractivity contribution in [3.05, 3.63) is 41.7 Å². The van der Waals surface area contributed by atoms with E-state index in [9.17, 15) is 9.18 Å². The Labute approximate surface area is 104 Å². The summed E-state index contributed by atoms with van der Waals surface area (Å²) in [5, 5.41) is 0. The maximum Gasteiger partial charge on any atom is 0.334 e. The quantitative estimate of drug-likeness (QED) is 0.767. The third-order valence-electron chi connectivity index (χ3n) is 2.43. The zero-order valence-electron chi connectivity index (χ0n) is 9.80. The predicted molar refractivity (Wildman–Crippen MR) is 64.6 cm³/mol. The summed E-state index contributed by atoms with van der Waals surface area (Å²) in [5.74, 6) is -0.331. The maximum absolute atomic E-state index is 12.7. The van der Waals surface area contributed by atoms with Crippen molar-refractivity contribution in [1.82, 2.24) is 0 Å². The maximum atomic E-state index is 12.7. The molecule has 4 nitrogen and oxygen atoms in total. The van der Waals surface area contributed by atoms with Crippen LogP contribution in [-0.2, 0) is 14.3 Å². The van der Waals surface area contributed by atoms with Gasteiger partial charge in [-0.25, -0.2) is 14.2 Å². The lowest BCUT2D eigenvalue weighted by molar-refractivity contribution is -0.142. The van der Waals surface area contributed by atoms with Gasteiger partial charge < -0.3 is 9.47 Å². The number of esters is 1. The second-order valence-electron chi connectivity index (χ2n) is 3.70. The molecule has 5 heteroatoms. The number of carbonyl (C=O) groups excluding carboxylic acids is 1. The highest BCUT2D eigenvalue weighted by molar-refractivity contribution is 5.95. The molecular formula is C13H12FNO3. The van der Waals surface area contributed by atoms with Crippen LogP contribution in [0.2, 0.25) is 0 Å². The van der Waals surface area contributed by atoms with Gasteiger partial charge in [0.1, 0.15) is 12.4 Å². The van der Waals surface area contributed by atoms with E-state index < -0.39 is 12.0 Å². The number of methoxy groups -OCH3 is 1.